The number of fused-ring (bicyclic) bond motifs is 1. The quantitative estimate of drug-likeness (QED) is 0.224. The molecule has 0 saturated carbocycles. The van der Waals surface area contributed by atoms with E-state index in [1.54, 1.807) is 24.7 Å². The van der Waals surface area contributed by atoms with Crippen LogP contribution in [0.15, 0.2) is 43.0 Å². The van der Waals surface area contributed by atoms with Crippen LogP contribution in [0.4, 0.5) is 5.82 Å². The predicted octanol–water partition coefficient (Wildman–Crippen LogP) is 3.01. The van der Waals surface area contributed by atoms with Gasteiger partial charge in [-0.15, -0.1) is 0 Å². The molecule has 2 heterocycles. The van der Waals surface area contributed by atoms with E-state index in [2.05, 4.69) is 20.0 Å². The second-order valence-electron chi connectivity index (χ2n) is 8.65. The van der Waals surface area contributed by atoms with Crippen LogP contribution in [0, 0.1) is 5.41 Å². The Bertz CT molecular complexity index is 1180. The van der Waals surface area contributed by atoms with Crippen LogP contribution in [-0.2, 0) is 31.7 Å². The highest BCUT2D eigenvalue weighted by atomic mass is 32.2. The fourth-order valence-corrected chi connectivity index (χ4v) is 5.53. The molecule has 35 heavy (non-hydrogen) atoms. The molecule has 4 N–H and O–H groups in total. The lowest BCUT2D eigenvalue weighted by molar-refractivity contribution is -0.119. The highest BCUT2D eigenvalue weighted by Crippen LogP contribution is 2.44. The van der Waals surface area contributed by atoms with Crippen LogP contribution >= 0.6 is 19.3 Å². The molecule has 2 aromatic heterocycles. The van der Waals surface area contributed by atoms with Gasteiger partial charge in [0.1, 0.15) is 24.1 Å². The number of anilines is 1. The second-order valence-corrected chi connectivity index (χ2v) is 11.7. The largest absolute Gasteiger partial charge is 0.395 e. The van der Waals surface area contributed by atoms with Crippen molar-refractivity contribution >= 4 is 41.4 Å². The van der Waals surface area contributed by atoms with Crippen LogP contribution in [0.25, 0.3) is 11.2 Å². The van der Waals surface area contributed by atoms with Crippen LogP contribution in [-0.4, -0.2) is 54.7 Å². The minimum atomic E-state index is -3.48. The van der Waals surface area contributed by atoms with Gasteiger partial charge in [-0.05, 0) is 26.3 Å². The van der Waals surface area contributed by atoms with Crippen molar-refractivity contribution < 1.29 is 23.7 Å². The van der Waals surface area contributed by atoms with E-state index < -0.39 is 12.9 Å². The Morgan fingerprint density at radius 2 is 2.03 bits per heavy atom. The average Bonchev–Trinajstić information content (AvgIpc) is 3.26. The molecule has 11 nitrogen and oxygen atoms in total. The van der Waals surface area contributed by atoms with Gasteiger partial charge < -0.3 is 24.7 Å². The molecule has 2 atom stereocenters. The van der Waals surface area contributed by atoms with Gasteiger partial charge in [0, 0.05) is 6.54 Å². The van der Waals surface area contributed by atoms with Gasteiger partial charge in [0.05, 0.1) is 31.0 Å². The summed E-state index contributed by atoms with van der Waals surface area (Å²) >= 11 is 0.870. The number of hydrogen-bond acceptors (Lipinski definition) is 10. The summed E-state index contributed by atoms with van der Waals surface area (Å²) in [6.45, 7) is 5.52. The SMILES string of the molecule is C[C@H](Cn1cnc2c(N)ncnc21)OCP(=O)(NCc1ccccc1)OCSC(=O)C(C)(C)CO. The number of nitrogens with one attached hydrogen (secondary N) is 1. The summed E-state index contributed by atoms with van der Waals surface area (Å²) < 4.78 is 26.9. The number of ether oxygens (including phenoxy) is 1. The van der Waals surface area contributed by atoms with Crippen molar-refractivity contribution in [2.24, 2.45) is 5.41 Å². The third kappa shape index (κ3) is 7.57. The third-order valence-electron chi connectivity index (χ3n) is 5.18. The fraction of sp³-hybridized carbons (Fsp3) is 0.455. The molecule has 1 aromatic carbocycles. The zero-order chi connectivity index (χ0) is 25.5. The molecule has 3 aromatic rings. The van der Waals surface area contributed by atoms with Gasteiger partial charge in [-0.1, -0.05) is 42.1 Å². The van der Waals surface area contributed by atoms with Gasteiger partial charge in [-0.2, -0.15) is 0 Å². The maximum atomic E-state index is 13.6. The van der Waals surface area contributed by atoms with E-state index in [1.165, 1.54) is 6.33 Å². The van der Waals surface area contributed by atoms with Crippen molar-refractivity contribution in [3.63, 3.8) is 0 Å². The molecule has 0 bridgehead atoms. The molecule has 0 radical (unpaired) electrons. The van der Waals surface area contributed by atoms with Gasteiger partial charge in [-0.25, -0.2) is 20.0 Å². The summed E-state index contributed by atoms with van der Waals surface area (Å²) in [6.07, 6.45) is 2.41. The van der Waals surface area contributed by atoms with E-state index in [1.807, 2.05) is 37.3 Å². The molecule has 0 saturated heterocycles. The van der Waals surface area contributed by atoms with Gasteiger partial charge in [0.15, 0.2) is 16.6 Å². The molecule has 0 aliphatic rings. The number of aromatic nitrogens is 4. The number of thioether (sulfide) groups is 1. The molecular formula is C22H31N6O5PS. The van der Waals surface area contributed by atoms with Gasteiger partial charge in [0.2, 0.25) is 0 Å². The summed E-state index contributed by atoms with van der Waals surface area (Å²) in [4.78, 5) is 24.7. The zero-order valence-electron chi connectivity index (χ0n) is 20.0. The Kier molecular flexibility index (Phi) is 9.40. The standard InChI is InChI=1S/C22H31N6O5PS/c1-16(10-28-13-26-18-19(23)24-12-25-20(18)28)32-14-34(31,27-9-17-7-5-4-6-8-17)33-15-35-21(30)22(2,3)11-29/h4-8,12-13,16,29H,9-11,14-15H2,1-3H3,(H,27,31)(H2,23,24,25)/t16-,34?/m1/s1. The number of aliphatic hydroxyl groups excluding tert-OH is 1. The van der Waals surface area contributed by atoms with Crippen LogP contribution < -0.4 is 10.8 Å². The van der Waals surface area contributed by atoms with Crippen molar-refractivity contribution in [1.82, 2.24) is 24.6 Å². The summed E-state index contributed by atoms with van der Waals surface area (Å²) in [7, 11) is -3.48. The minimum absolute atomic E-state index is 0.137. The maximum absolute atomic E-state index is 13.6. The van der Waals surface area contributed by atoms with Crippen LogP contribution in [0.1, 0.15) is 26.3 Å². The summed E-state index contributed by atoms with van der Waals surface area (Å²) in [5.41, 5.74) is 6.94. The first-order valence-electron chi connectivity index (χ1n) is 11.0. The summed E-state index contributed by atoms with van der Waals surface area (Å²) in [6, 6.07) is 9.48. The van der Waals surface area contributed by atoms with Gasteiger partial charge in [0.25, 0.3) is 7.52 Å². The molecule has 3 rings (SSSR count). The Morgan fingerprint density at radius 1 is 1.29 bits per heavy atom. The summed E-state index contributed by atoms with van der Waals surface area (Å²) in [5.74, 6) is 0.156. The van der Waals surface area contributed by atoms with Crippen molar-refractivity contribution in [2.45, 2.75) is 40.0 Å². The number of carbonyl (C=O) groups excluding carboxylic acids is 1. The lowest BCUT2D eigenvalue weighted by Gasteiger charge is -2.23. The molecule has 0 fully saturated rings. The third-order valence-corrected chi connectivity index (χ3v) is 8.08. The van der Waals surface area contributed by atoms with Crippen LogP contribution in [0.3, 0.4) is 0 Å². The lowest BCUT2D eigenvalue weighted by Crippen LogP contribution is -2.26. The number of nitrogen functional groups attached to an aromatic ring is 1. The van der Waals surface area contributed by atoms with E-state index >= 15 is 0 Å². The van der Waals surface area contributed by atoms with E-state index in [0.717, 1.165) is 17.3 Å². The minimum Gasteiger partial charge on any atom is -0.395 e. The number of nitrogens with two attached hydrogens (primary N) is 1. The number of carbonyl (C=O) groups is 1. The topological polar surface area (TPSA) is 154 Å². The van der Waals surface area contributed by atoms with E-state index in [0.29, 0.717) is 30.1 Å². The Hall–Kier alpha value is -2.34. The molecule has 0 aliphatic heterocycles. The zero-order valence-corrected chi connectivity index (χ0v) is 21.7. The first-order valence-corrected chi connectivity index (χ1v) is 13.8. The maximum Gasteiger partial charge on any atom is 0.296 e. The van der Waals surface area contributed by atoms with E-state index in [-0.39, 0.29) is 30.1 Å². The van der Waals surface area contributed by atoms with Crippen LogP contribution in [0.5, 0.6) is 0 Å². The number of rotatable bonds is 13. The number of imidazole rings is 1. The average molecular weight is 523 g/mol. The molecule has 0 spiro atoms. The first kappa shape index (κ1) is 27.3. The molecule has 190 valence electrons. The smallest absolute Gasteiger partial charge is 0.296 e. The van der Waals surface area contributed by atoms with Crippen molar-refractivity contribution in [3.05, 3.63) is 48.5 Å². The number of aliphatic hydroxyl groups is 1. The predicted molar refractivity (Wildman–Crippen MR) is 135 cm³/mol. The number of benzene rings is 1. The molecule has 0 amide bonds. The normalized spacial score (nSPS) is 14.6. The van der Waals surface area contributed by atoms with Crippen molar-refractivity contribution in [3.8, 4) is 0 Å². The molecule has 0 aliphatic carbocycles. The molecule has 13 heteroatoms. The fourth-order valence-electron chi connectivity index (χ4n) is 2.95. The Morgan fingerprint density at radius 3 is 2.74 bits per heavy atom. The highest BCUT2D eigenvalue weighted by Gasteiger charge is 2.29. The van der Waals surface area contributed by atoms with E-state index in [9.17, 15) is 14.5 Å². The van der Waals surface area contributed by atoms with Crippen LogP contribution in [0.2, 0.25) is 0 Å². The Labute approximate surface area is 208 Å². The number of hydrogen-bond donors (Lipinski definition) is 3. The molecule has 1 unspecified atom stereocenters. The Balaban J connectivity index is 1.62. The summed E-state index contributed by atoms with van der Waals surface area (Å²) in [5, 5.41) is 12.1. The first-order chi connectivity index (χ1) is 16.6. The monoisotopic (exact) mass is 522 g/mol. The van der Waals surface area contributed by atoms with Crippen molar-refractivity contribution in [2.75, 3.05) is 24.6 Å². The van der Waals surface area contributed by atoms with Crippen molar-refractivity contribution in [1.29, 1.82) is 0 Å². The molecular weight excluding hydrogens is 491 g/mol. The number of nitrogens with zero attached hydrogens (tertiary/aromatic N) is 4. The highest BCUT2D eigenvalue weighted by molar-refractivity contribution is 8.13. The van der Waals surface area contributed by atoms with Gasteiger partial charge >= 0.3 is 0 Å². The van der Waals surface area contributed by atoms with Gasteiger partial charge in [-0.3, -0.25) is 9.36 Å². The second kappa shape index (κ2) is 12.1. The lowest BCUT2D eigenvalue weighted by atomic mass is 9.97. The van der Waals surface area contributed by atoms with E-state index in [4.69, 9.17) is 15.0 Å².